The van der Waals surface area contributed by atoms with Gasteiger partial charge in [-0.2, -0.15) is 0 Å². The van der Waals surface area contributed by atoms with Crippen LogP contribution in [0.15, 0.2) is 0 Å². The van der Waals surface area contributed by atoms with Gasteiger partial charge in [-0.15, -0.1) is 0 Å². The zero-order valence-electron chi connectivity index (χ0n) is 38.7. The van der Waals surface area contributed by atoms with Gasteiger partial charge in [0, 0.05) is 33.3 Å². The largest absolute Gasteiger partial charge is 0.449 e. The summed E-state index contributed by atoms with van der Waals surface area (Å²) in [6.45, 7) is 13.7. The lowest BCUT2D eigenvalue weighted by molar-refractivity contribution is -0.0743. The third kappa shape index (κ3) is 42.7. The summed E-state index contributed by atoms with van der Waals surface area (Å²) in [6.07, 6.45) is 43.6. The van der Waals surface area contributed by atoms with Gasteiger partial charge in [0.1, 0.15) is 0 Å². The molecule has 2 unspecified atom stereocenters. The number of ether oxygens (including phenoxy) is 5. The van der Waals surface area contributed by atoms with Gasteiger partial charge >= 0.3 is 6.09 Å². The second-order valence-electron chi connectivity index (χ2n) is 17.6. The smallest absolute Gasteiger partial charge is 0.407 e. The van der Waals surface area contributed by atoms with Gasteiger partial charge in [-0.3, -0.25) is 0 Å². The molecule has 7 heteroatoms. The Balaban J connectivity index is 4.16. The van der Waals surface area contributed by atoms with E-state index in [1.54, 1.807) is 7.11 Å². The minimum absolute atomic E-state index is 0.0286. The maximum absolute atomic E-state index is 12.5. The second kappa shape index (κ2) is 43.7. The van der Waals surface area contributed by atoms with E-state index in [-0.39, 0.29) is 12.2 Å². The fourth-order valence-corrected chi connectivity index (χ4v) is 7.15. The van der Waals surface area contributed by atoms with Gasteiger partial charge in [0.05, 0.1) is 37.6 Å². The summed E-state index contributed by atoms with van der Waals surface area (Å²) >= 11 is 0. The second-order valence-corrected chi connectivity index (χ2v) is 17.6. The minimum atomic E-state index is -0.417. The number of carbonyl (C=O) groups is 1. The molecule has 0 aromatic rings. The monoisotopic (exact) mass is 798 g/mol. The molecule has 1 N–H and O–H groups in total. The van der Waals surface area contributed by atoms with Crippen LogP contribution in [-0.2, 0) is 23.7 Å². The number of rotatable bonds is 46. The molecule has 7 nitrogen and oxygen atoms in total. The average molecular weight is 798 g/mol. The summed E-state index contributed by atoms with van der Waals surface area (Å²) in [5, 5.41) is 2.92. The Hall–Kier alpha value is -0.890. The summed E-state index contributed by atoms with van der Waals surface area (Å²) in [4.78, 5) is 12.5. The van der Waals surface area contributed by atoms with E-state index in [0.29, 0.717) is 39.4 Å². The van der Waals surface area contributed by atoms with Gasteiger partial charge in [-0.05, 0) is 33.6 Å². The van der Waals surface area contributed by atoms with Crippen molar-refractivity contribution in [1.82, 2.24) is 5.32 Å². The molecule has 0 spiro atoms. The lowest BCUT2D eigenvalue weighted by atomic mass is 10.0. The van der Waals surface area contributed by atoms with Crippen molar-refractivity contribution in [3.05, 3.63) is 0 Å². The topological polar surface area (TPSA) is 75.3 Å². The van der Waals surface area contributed by atoms with Crippen molar-refractivity contribution in [3.63, 3.8) is 0 Å². The van der Waals surface area contributed by atoms with Crippen LogP contribution < -0.4 is 5.32 Å². The highest BCUT2D eigenvalue weighted by Gasteiger charge is 2.21. The lowest BCUT2D eigenvalue weighted by Crippen LogP contribution is -2.38. The van der Waals surface area contributed by atoms with Crippen LogP contribution in [0.1, 0.15) is 247 Å². The minimum Gasteiger partial charge on any atom is -0.449 e. The fourth-order valence-electron chi connectivity index (χ4n) is 7.15. The van der Waals surface area contributed by atoms with Crippen molar-refractivity contribution in [2.24, 2.45) is 0 Å². The number of amides is 1. The predicted molar refractivity (Wildman–Crippen MR) is 240 cm³/mol. The molecule has 0 rings (SSSR count). The Morgan fingerprint density at radius 2 is 0.893 bits per heavy atom. The molecule has 0 heterocycles. The van der Waals surface area contributed by atoms with Gasteiger partial charge in [0.25, 0.3) is 0 Å². The number of nitrogens with one attached hydrogen (secondary N) is 1. The summed E-state index contributed by atoms with van der Waals surface area (Å²) < 4.78 is 29.0. The molecule has 0 aliphatic carbocycles. The third-order valence-corrected chi connectivity index (χ3v) is 11.3. The zero-order valence-corrected chi connectivity index (χ0v) is 38.7. The number of unbranched alkanes of at least 4 members (excludes halogenated alkanes) is 30. The van der Waals surface area contributed by atoms with E-state index in [1.807, 2.05) is 20.8 Å². The van der Waals surface area contributed by atoms with Gasteiger partial charge in [0.15, 0.2) is 0 Å². The van der Waals surface area contributed by atoms with E-state index < -0.39 is 11.7 Å². The number of hydrogen-bond acceptors (Lipinski definition) is 6. The first kappa shape index (κ1) is 55.1. The van der Waals surface area contributed by atoms with E-state index in [2.05, 4.69) is 19.2 Å². The predicted octanol–water partition coefficient (Wildman–Crippen LogP) is 14.9. The first-order valence-corrected chi connectivity index (χ1v) is 24.6. The molecule has 2 atom stereocenters. The van der Waals surface area contributed by atoms with Crippen LogP contribution in [0.25, 0.3) is 0 Å². The Bertz CT molecular complexity index is 780. The van der Waals surface area contributed by atoms with E-state index in [1.165, 1.54) is 193 Å². The van der Waals surface area contributed by atoms with Crippen molar-refractivity contribution in [3.8, 4) is 0 Å². The highest BCUT2D eigenvalue weighted by atomic mass is 16.6. The average Bonchev–Trinajstić information content (AvgIpc) is 3.19. The molecule has 0 aliphatic rings. The Morgan fingerprint density at radius 1 is 0.518 bits per heavy atom. The number of methoxy groups -OCH3 is 1. The molecule has 56 heavy (non-hydrogen) atoms. The molecule has 0 bridgehead atoms. The van der Waals surface area contributed by atoms with Crippen LogP contribution in [0.4, 0.5) is 4.79 Å². The molecule has 0 aliphatic heterocycles. The molecular weight excluding hydrogens is 699 g/mol. The zero-order chi connectivity index (χ0) is 41.1. The van der Waals surface area contributed by atoms with Crippen LogP contribution in [0.3, 0.4) is 0 Å². The Labute approximate surface area is 350 Å². The normalized spacial score (nSPS) is 13.0. The number of alkyl carbamates (subject to hydrolysis) is 1. The lowest BCUT2D eigenvalue weighted by Gasteiger charge is -2.26. The Morgan fingerprint density at radius 3 is 1.29 bits per heavy atom. The molecule has 1 amide bonds. The third-order valence-electron chi connectivity index (χ3n) is 11.3. The van der Waals surface area contributed by atoms with Crippen molar-refractivity contribution in [2.45, 2.75) is 264 Å². The summed E-state index contributed by atoms with van der Waals surface area (Å²) in [7, 11) is 1.68. The molecule has 0 saturated heterocycles. The first-order valence-electron chi connectivity index (χ1n) is 24.6. The molecule has 0 radical (unpaired) electrons. The highest BCUT2D eigenvalue weighted by molar-refractivity contribution is 5.67. The highest BCUT2D eigenvalue weighted by Crippen LogP contribution is 2.17. The number of hydrogen-bond donors (Lipinski definition) is 1. The van der Waals surface area contributed by atoms with Crippen LogP contribution in [0, 0.1) is 0 Å². The quantitative estimate of drug-likeness (QED) is 0.0618. The molecule has 336 valence electrons. The van der Waals surface area contributed by atoms with Crippen LogP contribution in [0.5, 0.6) is 0 Å². The summed E-state index contributed by atoms with van der Waals surface area (Å²) in [5.74, 6) is 0. The summed E-state index contributed by atoms with van der Waals surface area (Å²) in [5.41, 5.74) is -0.397. The molecule has 0 aromatic heterocycles. The SMILES string of the molecule is CCCCCCCCCCCCCCCCCCOCC(CNC(=O)OCCC(C)(C)OCC(C)OC)OCCCCCCCCCCCCCCCCCC. The molecule has 0 aromatic carbocycles. The summed E-state index contributed by atoms with van der Waals surface area (Å²) in [6, 6.07) is 0. The van der Waals surface area contributed by atoms with Crippen LogP contribution >= 0.6 is 0 Å². The Kier molecular flexibility index (Phi) is 43.0. The number of carbonyl (C=O) groups excluding carboxylic acids is 1. The molecule has 0 fully saturated rings. The van der Waals surface area contributed by atoms with Gasteiger partial charge in [-0.25, -0.2) is 4.79 Å². The van der Waals surface area contributed by atoms with E-state index in [0.717, 1.165) is 19.4 Å². The van der Waals surface area contributed by atoms with Gasteiger partial charge < -0.3 is 29.0 Å². The van der Waals surface area contributed by atoms with E-state index in [9.17, 15) is 4.79 Å². The first-order chi connectivity index (χ1) is 27.3. The fraction of sp³-hybridized carbons (Fsp3) is 0.980. The van der Waals surface area contributed by atoms with Crippen LogP contribution in [0.2, 0.25) is 0 Å². The van der Waals surface area contributed by atoms with E-state index >= 15 is 0 Å². The van der Waals surface area contributed by atoms with Gasteiger partial charge in [-0.1, -0.05) is 206 Å². The maximum Gasteiger partial charge on any atom is 0.407 e. The van der Waals surface area contributed by atoms with Crippen molar-refractivity contribution in [2.75, 3.05) is 46.7 Å². The molecular formula is C49H99NO6. The molecule has 0 saturated carbocycles. The standard InChI is InChI=1S/C49H99NO6/c1-7-9-11-13-15-17-19-21-23-25-27-29-31-33-35-37-40-53-45-47(43-50-48(51)55-42-39-49(4,5)56-44-46(3)52-6)54-41-38-36-34-32-30-28-26-24-22-20-18-16-14-12-10-8-2/h46-47H,7-45H2,1-6H3,(H,50,51). The van der Waals surface area contributed by atoms with Crippen molar-refractivity contribution < 1.29 is 28.5 Å². The van der Waals surface area contributed by atoms with E-state index in [4.69, 9.17) is 23.7 Å². The van der Waals surface area contributed by atoms with Crippen molar-refractivity contribution >= 4 is 6.09 Å². The van der Waals surface area contributed by atoms with Crippen molar-refractivity contribution in [1.29, 1.82) is 0 Å². The van der Waals surface area contributed by atoms with Crippen LogP contribution in [-0.4, -0.2) is 70.6 Å². The van der Waals surface area contributed by atoms with Gasteiger partial charge in [0.2, 0.25) is 0 Å². The maximum atomic E-state index is 12.5.